The van der Waals surface area contributed by atoms with E-state index in [9.17, 15) is 0 Å². The van der Waals surface area contributed by atoms with Crippen LogP contribution in [0.3, 0.4) is 0 Å². The average Bonchev–Trinajstić information content (AvgIpc) is 3.43. The van der Waals surface area contributed by atoms with Crippen molar-refractivity contribution in [1.82, 2.24) is 0 Å². The van der Waals surface area contributed by atoms with Crippen molar-refractivity contribution in [2.75, 3.05) is 26.6 Å². The maximum atomic E-state index is 5.85. The molecular weight excluding hydrogens is 340 g/mol. The molecule has 1 fully saturated rings. The molecule has 0 saturated carbocycles. The number of hydrogen-bond donors (Lipinski definition) is 0. The molecule has 0 radical (unpaired) electrons. The van der Waals surface area contributed by atoms with Crippen LogP contribution in [0.15, 0.2) is 24.3 Å². The molecule has 2 aromatic rings. The van der Waals surface area contributed by atoms with E-state index < -0.39 is 0 Å². The Bertz CT molecular complexity index is 747. The minimum atomic E-state index is 0.277. The molecule has 0 amide bonds. The summed E-state index contributed by atoms with van der Waals surface area (Å²) in [5.41, 5.74) is 7.72. The van der Waals surface area contributed by atoms with Crippen LogP contribution in [0.2, 0.25) is 0 Å². The molecule has 146 valence electrons. The van der Waals surface area contributed by atoms with Gasteiger partial charge in [0.05, 0.1) is 6.61 Å². The quantitative estimate of drug-likeness (QED) is 0.366. The third-order valence-electron chi connectivity index (χ3n) is 5.04. The van der Waals surface area contributed by atoms with Crippen LogP contribution in [0.5, 0.6) is 11.5 Å². The smallest absolute Gasteiger partial charge is 0.189 e. The molecule has 27 heavy (non-hydrogen) atoms. The highest BCUT2D eigenvalue weighted by molar-refractivity contribution is 5.48. The van der Waals surface area contributed by atoms with Crippen LogP contribution in [-0.4, -0.2) is 32.7 Å². The number of benzene rings is 2. The fourth-order valence-corrected chi connectivity index (χ4v) is 3.35. The van der Waals surface area contributed by atoms with Crippen molar-refractivity contribution in [3.8, 4) is 11.5 Å². The third kappa shape index (κ3) is 5.24. The van der Waals surface area contributed by atoms with Gasteiger partial charge in [0, 0.05) is 6.61 Å². The van der Waals surface area contributed by atoms with Gasteiger partial charge in [-0.1, -0.05) is 0 Å². The summed E-state index contributed by atoms with van der Waals surface area (Å²) in [4.78, 5) is 0. The third-order valence-corrected chi connectivity index (χ3v) is 5.04. The second kappa shape index (κ2) is 8.77. The van der Waals surface area contributed by atoms with Gasteiger partial charge in [-0.2, -0.15) is 0 Å². The van der Waals surface area contributed by atoms with E-state index in [-0.39, 0.29) is 6.10 Å². The van der Waals surface area contributed by atoms with Gasteiger partial charge in [0.15, 0.2) is 6.79 Å². The van der Waals surface area contributed by atoms with Crippen LogP contribution in [0.25, 0.3) is 0 Å². The second-order valence-electron chi connectivity index (χ2n) is 7.27. The second-order valence-corrected chi connectivity index (χ2v) is 7.27. The number of aryl methyl sites for hydroxylation is 4. The standard InChI is InChI=1S/C23H30O4/c1-6-24-14-27-20-9-17(4)23(18(5)10-20)11-22-15(2)7-19(8-16(22)3)25-12-21-13-26-21/h7-10,21H,6,11-14H2,1-5H3. The molecule has 0 aliphatic carbocycles. The summed E-state index contributed by atoms with van der Waals surface area (Å²) < 4.78 is 22.0. The van der Waals surface area contributed by atoms with Gasteiger partial charge < -0.3 is 18.9 Å². The zero-order chi connectivity index (χ0) is 19.4. The summed E-state index contributed by atoms with van der Waals surface area (Å²) in [6.07, 6.45) is 1.19. The Morgan fingerprint density at radius 1 is 0.852 bits per heavy atom. The van der Waals surface area contributed by atoms with Gasteiger partial charge in [-0.25, -0.2) is 0 Å². The highest BCUT2D eigenvalue weighted by Crippen LogP contribution is 2.29. The lowest BCUT2D eigenvalue weighted by Gasteiger charge is -2.17. The molecule has 2 aromatic carbocycles. The van der Waals surface area contributed by atoms with Gasteiger partial charge in [-0.15, -0.1) is 0 Å². The van der Waals surface area contributed by atoms with Crippen molar-refractivity contribution in [2.45, 2.75) is 47.1 Å². The highest BCUT2D eigenvalue weighted by Gasteiger charge is 2.23. The molecule has 0 aromatic heterocycles. The molecule has 0 bridgehead atoms. The molecule has 0 spiro atoms. The van der Waals surface area contributed by atoms with Crippen LogP contribution in [0.4, 0.5) is 0 Å². The lowest BCUT2D eigenvalue weighted by atomic mass is 9.91. The average molecular weight is 370 g/mol. The summed E-state index contributed by atoms with van der Waals surface area (Å²) in [6.45, 7) is 13.0. The topological polar surface area (TPSA) is 40.2 Å². The molecule has 1 saturated heterocycles. The number of ether oxygens (including phenoxy) is 4. The maximum absolute atomic E-state index is 5.85. The maximum Gasteiger partial charge on any atom is 0.189 e. The molecule has 1 aliphatic rings. The zero-order valence-electron chi connectivity index (χ0n) is 17.1. The largest absolute Gasteiger partial charge is 0.491 e. The van der Waals surface area contributed by atoms with Crippen LogP contribution in [0.1, 0.15) is 40.3 Å². The lowest BCUT2D eigenvalue weighted by Crippen LogP contribution is -2.06. The Morgan fingerprint density at radius 2 is 1.33 bits per heavy atom. The molecule has 3 rings (SSSR count). The summed E-state index contributed by atoms with van der Waals surface area (Å²) in [5.74, 6) is 1.79. The first-order chi connectivity index (χ1) is 13.0. The Hall–Kier alpha value is -2.04. The molecule has 1 unspecified atom stereocenters. The van der Waals surface area contributed by atoms with Gasteiger partial charge in [0.2, 0.25) is 0 Å². The summed E-state index contributed by atoms with van der Waals surface area (Å²) in [7, 11) is 0. The van der Waals surface area contributed by atoms with Gasteiger partial charge in [-0.05, 0) is 98.7 Å². The predicted molar refractivity (Wildman–Crippen MR) is 107 cm³/mol. The monoisotopic (exact) mass is 370 g/mol. The van der Waals surface area contributed by atoms with E-state index in [2.05, 4.69) is 52.0 Å². The van der Waals surface area contributed by atoms with Crippen molar-refractivity contribution < 1.29 is 18.9 Å². The normalized spacial score (nSPS) is 15.7. The van der Waals surface area contributed by atoms with Crippen LogP contribution in [0, 0.1) is 27.7 Å². The van der Waals surface area contributed by atoms with Crippen LogP contribution >= 0.6 is 0 Å². The summed E-state index contributed by atoms with van der Waals surface area (Å²) in [5, 5.41) is 0. The van der Waals surface area contributed by atoms with E-state index in [4.69, 9.17) is 18.9 Å². The molecule has 4 heteroatoms. The van der Waals surface area contributed by atoms with Crippen molar-refractivity contribution in [3.63, 3.8) is 0 Å². The minimum absolute atomic E-state index is 0.277. The van der Waals surface area contributed by atoms with Gasteiger partial charge >= 0.3 is 0 Å². The fourth-order valence-electron chi connectivity index (χ4n) is 3.35. The van der Waals surface area contributed by atoms with E-state index in [1.165, 1.54) is 33.4 Å². The Balaban J connectivity index is 1.75. The molecular formula is C23H30O4. The first-order valence-corrected chi connectivity index (χ1v) is 9.63. The van der Waals surface area contributed by atoms with E-state index >= 15 is 0 Å². The lowest BCUT2D eigenvalue weighted by molar-refractivity contribution is 0.0223. The first kappa shape index (κ1) is 19.7. The number of epoxide rings is 1. The molecule has 1 atom stereocenters. The van der Waals surface area contributed by atoms with Crippen molar-refractivity contribution in [1.29, 1.82) is 0 Å². The molecule has 1 aliphatic heterocycles. The Kier molecular flexibility index (Phi) is 6.40. The number of hydrogen-bond acceptors (Lipinski definition) is 4. The van der Waals surface area contributed by atoms with Gasteiger partial charge in [0.25, 0.3) is 0 Å². The molecule has 1 heterocycles. The highest BCUT2D eigenvalue weighted by atomic mass is 16.7. The van der Waals surface area contributed by atoms with Crippen LogP contribution in [-0.2, 0) is 15.9 Å². The predicted octanol–water partition coefficient (Wildman–Crippen LogP) is 4.66. The number of rotatable bonds is 9. The van der Waals surface area contributed by atoms with Crippen LogP contribution < -0.4 is 9.47 Å². The van der Waals surface area contributed by atoms with E-state index in [0.717, 1.165) is 24.5 Å². The first-order valence-electron chi connectivity index (χ1n) is 9.63. The van der Waals surface area contributed by atoms with Crippen molar-refractivity contribution in [3.05, 3.63) is 57.6 Å². The summed E-state index contributed by atoms with van der Waals surface area (Å²) >= 11 is 0. The van der Waals surface area contributed by atoms with Crippen molar-refractivity contribution in [2.24, 2.45) is 0 Å². The van der Waals surface area contributed by atoms with E-state index in [1.807, 2.05) is 6.92 Å². The Labute approximate surface area is 162 Å². The van der Waals surface area contributed by atoms with E-state index in [0.29, 0.717) is 20.0 Å². The van der Waals surface area contributed by atoms with Gasteiger partial charge in [-0.3, -0.25) is 0 Å². The molecule has 0 N–H and O–H groups in total. The Morgan fingerprint density at radius 3 is 1.78 bits per heavy atom. The van der Waals surface area contributed by atoms with Gasteiger partial charge in [0.1, 0.15) is 24.2 Å². The fraction of sp³-hybridized carbons (Fsp3) is 0.478. The van der Waals surface area contributed by atoms with Crippen molar-refractivity contribution >= 4 is 0 Å². The molecule has 4 nitrogen and oxygen atoms in total. The zero-order valence-corrected chi connectivity index (χ0v) is 17.1. The summed E-state index contributed by atoms with van der Waals surface area (Å²) in [6, 6.07) is 8.46. The SMILES string of the molecule is CCOCOc1cc(C)c(Cc2c(C)cc(OCC3CO3)cc2C)c(C)c1. The van der Waals surface area contributed by atoms with E-state index in [1.54, 1.807) is 0 Å². The minimum Gasteiger partial charge on any atom is -0.491 e.